The maximum Gasteiger partial charge on any atom is 0.363 e. The Morgan fingerprint density at radius 2 is 2.30 bits per heavy atom. The second kappa shape index (κ2) is 5.83. The summed E-state index contributed by atoms with van der Waals surface area (Å²) in [6, 6.07) is 2.92. The number of piperazine rings is 1. The minimum atomic E-state index is -0.869. The van der Waals surface area contributed by atoms with E-state index in [1.54, 1.807) is 13.0 Å². The van der Waals surface area contributed by atoms with Gasteiger partial charge >= 0.3 is 5.82 Å². The van der Waals surface area contributed by atoms with E-state index in [-0.39, 0.29) is 18.3 Å². The summed E-state index contributed by atoms with van der Waals surface area (Å²) in [4.78, 5) is 28.6. The van der Waals surface area contributed by atoms with Crippen LogP contribution in [-0.4, -0.2) is 51.7 Å². The fraction of sp³-hybridized carbons (Fsp3) is 0.500. The molecule has 1 unspecified atom stereocenters. The van der Waals surface area contributed by atoms with E-state index in [4.69, 9.17) is 0 Å². The van der Waals surface area contributed by atoms with Crippen LogP contribution in [0.5, 0.6) is 0 Å². The average Bonchev–Trinajstić information content (AvgIpc) is 2.46. The van der Waals surface area contributed by atoms with Crippen LogP contribution in [0.1, 0.15) is 13.3 Å². The van der Waals surface area contributed by atoms with Crippen LogP contribution >= 0.6 is 0 Å². The third-order valence-corrected chi connectivity index (χ3v) is 3.26. The summed E-state index contributed by atoms with van der Waals surface area (Å²) in [7, 11) is 0. The molecule has 1 saturated heterocycles. The molecule has 8 nitrogen and oxygen atoms in total. The van der Waals surface area contributed by atoms with Gasteiger partial charge in [-0.25, -0.2) is 0 Å². The van der Waals surface area contributed by atoms with Crippen molar-refractivity contribution in [1.29, 1.82) is 0 Å². The normalized spacial score (nSPS) is 19.0. The standard InChI is InChI=1S/C12H16N4O4/c1-2-11(17)15-6-5-14(8-12(15)18)9-3-4-10(13-7-9)16(19)20/h3-4,7,12,18H,2,5-6,8H2,1H3. The van der Waals surface area contributed by atoms with Gasteiger partial charge in [-0.1, -0.05) is 6.92 Å². The fourth-order valence-electron chi connectivity index (χ4n) is 2.17. The molecule has 1 aliphatic heterocycles. The van der Waals surface area contributed by atoms with Crippen molar-refractivity contribution in [3.05, 3.63) is 28.4 Å². The number of pyridine rings is 1. The molecule has 1 N–H and O–H groups in total. The molecule has 2 heterocycles. The smallest absolute Gasteiger partial charge is 0.363 e. The van der Waals surface area contributed by atoms with Crippen molar-refractivity contribution in [1.82, 2.24) is 9.88 Å². The lowest BCUT2D eigenvalue weighted by molar-refractivity contribution is -0.389. The molecule has 2 rings (SSSR count). The van der Waals surface area contributed by atoms with Crippen molar-refractivity contribution >= 4 is 17.4 Å². The van der Waals surface area contributed by atoms with E-state index >= 15 is 0 Å². The molecule has 108 valence electrons. The van der Waals surface area contributed by atoms with Gasteiger partial charge in [0.05, 0.1) is 12.2 Å². The molecule has 0 radical (unpaired) electrons. The lowest BCUT2D eigenvalue weighted by Crippen LogP contribution is -2.55. The Balaban J connectivity index is 2.05. The number of anilines is 1. The molecule has 1 aromatic heterocycles. The molecular formula is C12H16N4O4. The van der Waals surface area contributed by atoms with Crippen LogP contribution in [0.2, 0.25) is 0 Å². The molecule has 1 atom stereocenters. The van der Waals surface area contributed by atoms with Gasteiger partial charge in [0.15, 0.2) is 6.20 Å². The van der Waals surface area contributed by atoms with Crippen molar-refractivity contribution in [3.63, 3.8) is 0 Å². The number of carbonyl (C=O) groups excluding carboxylic acids is 1. The zero-order valence-electron chi connectivity index (χ0n) is 11.1. The molecule has 0 aromatic carbocycles. The van der Waals surface area contributed by atoms with Gasteiger partial charge in [-0.15, -0.1) is 0 Å². The van der Waals surface area contributed by atoms with Gasteiger partial charge in [-0.3, -0.25) is 4.79 Å². The first-order chi connectivity index (χ1) is 9.52. The van der Waals surface area contributed by atoms with Crippen molar-refractivity contribution < 1.29 is 14.8 Å². The predicted molar refractivity (Wildman–Crippen MR) is 71.1 cm³/mol. The number of hydrogen-bond acceptors (Lipinski definition) is 6. The Morgan fingerprint density at radius 1 is 1.55 bits per heavy atom. The number of aliphatic hydroxyl groups is 1. The molecule has 0 saturated carbocycles. The van der Waals surface area contributed by atoms with Gasteiger partial charge in [0.1, 0.15) is 6.23 Å². The SMILES string of the molecule is CCC(=O)N1CCN(c2ccc([N+](=O)[O-])nc2)CC1O. The van der Waals surface area contributed by atoms with E-state index in [0.717, 1.165) is 0 Å². The van der Waals surface area contributed by atoms with Crippen molar-refractivity contribution in [2.24, 2.45) is 0 Å². The van der Waals surface area contributed by atoms with Crippen LogP contribution in [-0.2, 0) is 4.79 Å². The van der Waals surface area contributed by atoms with Crippen molar-refractivity contribution in [2.75, 3.05) is 24.5 Å². The monoisotopic (exact) mass is 280 g/mol. The number of carbonyl (C=O) groups is 1. The molecule has 8 heteroatoms. The van der Waals surface area contributed by atoms with Gasteiger partial charge < -0.3 is 25.0 Å². The number of hydrogen-bond donors (Lipinski definition) is 1. The molecular weight excluding hydrogens is 264 g/mol. The van der Waals surface area contributed by atoms with Crippen LogP contribution in [0, 0.1) is 10.1 Å². The summed E-state index contributed by atoms with van der Waals surface area (Å²) >= 11 is 0. The largest absolute Gasteiger partial charge is 0.372 e. The lowest BCUT2D eigenvalue weighted by Gasteiger charge is -2.39. The molecule has 1 fully saturated rings. The number of β-amino-alcohol motifs (C(OH)–C–C–N with tert-alkyl or cyclic N) is 1. The highest BCUT2D eigenvalue weighted by Gasteiger charge is 2.28. The van der Waals surface area contributed by atoms with E-state index in [2.05, 4.69) is 4.98 Å². The molecule has 20 heavy (non-hydrogen) atoms. The summed E-state index contributed by atoms with van der Waals surface area (Å²) in [5, 5.41) is 20.5. The Morgan fingerprint density at radius 3 is 2.80 bits per heavy atom. The fourth-order valence-corrected chi connectivity index (χ4v) is 2.17. The first-order valence-electron chi connectivity index (χ1n) is 6.36. The van der Waals surface area contributed by atoms with Gasteiger partial charge in [0.2, 0.25) is 5.91 Å². The Hall–Kier alpha value is -2.22. The maximum atomic E-state index is 11.6. The zero-order valence-corrected chi connectivity index (χ0v) is 11.1. The Kier molecular flexibility index (Phi) is 4.14. The van der Waals surface area contributed by atoms with Crippen LogP contribution in [0.15, 0.2) is 18.3 Å². The number of nitrogens with zero attached hydrogens (tertiary/aromatic N) is 4. The first kappa shape index (κ1) is 14.2. The van der Waals surface area contributed by atoms with Gasteiger partial charge in [0, 0.05) is 25.6 Å². The van der Waals surface area contributed by atoms with Gasteiger partial charge in [0.25, 0.3) is 0 Å². The zero-order chi connectivity index (χ0) is 14.7. The molecule has 1 amide bonds. The van der Waals surface area contributed by atoms with E-state index in [9.17, 15) is 20.0 Å². The van der Waals surface area contributed by atoms with Crippen LogP contribution in [0.25, 0.3) is 0 Å². The molecule has 0 aliphatic carbocycles. The summed E-state index contributed by atoms with van der Waals surface area (Å²) in [6.07, 6.45) is 0.893. The van der Waals surface area contributed by atoms with Crippen LogP contribution < -0.4 is 4.90 Å². The summed E-state index contributed by atoms with van der Waals surface area (Å²) in [6.45, 7) is 3.00. The summed E-state index contributed by atoms with van der Waals surface area (Å²) < 4.78 is 0. The lowest BCUT2D eigenvalue weighted by atomic mass is 10.2. The van der Waals surface area contributed by atoms with E-state index in [1.807, 2.05) is 4.90 Å². The number of rotatable bonds is 3. The third kappa shape index (κ3) is 2.85. The number of aliphatic hydroxyl groups excluding tert-OH is 1. The Labute approximate surface area is 115 Å². The highest BCUT2D eigenvalue weighted by Crippen LogP contribution is 2.20. The summed E-state index contributed by atoms with van der Waals surface area (Å²) in [5.41, 5.74) is 0.693. The van der Waals surface area contributed by atoms with Gasteiger partial charge in [-0.05, 0) is 16.0 Å². The second-order valence-corrected chi connectivity index (χ2v) is 4.50. The third-order valence-electron chi connectivity index (χ3n) is 3.26. The highest BCUT2D eigenvalue weighted by molar-refractivity contribution is 5.76. The van der Waals surface area contributed by atoms with E-state index < -0.39 is 11.2 Å². The second-order valence-electron chi connectivity index (χ2n) is 4.50. The summed E-state index contributed by atoms with van der Waals surface area (Å²) in [5.74, 6) is -0.298. The highest BCUT2D eigenvalue weighted by atomic mass is 16.6. The first-order valence-corrected chi connectivity index (χ1v) is 6.36. The molecule has 1 aromatic rings. The van der Waals surface area contributed by atoms with E-state index in [1.165, 1.54) is 17.2 Å². The quantitative estimate of drug-likeness (QED) is 0.634. The predicted octanol–water partition coefficient (Wildman–Crippen LogP) is 0.367. The Bertz CT molecular complexity index is 505. The molecule has 0 spiro atoms. The maximum absolute atomic E-state index is 11.6. The van der Waals surface area contributed by atoms with E-state index in [0.29, 0.717) is 25.2 Å². The number of aromatic nitrogens is 1. The topological polar surface area (TPSA) is 99.8 Å². The number of amides is 1. The number of nitro groups is 1. The molecule has 1 aliphatic rings. The average molecular weight is 280 g/mol. The van der Waals surface area contributed by atoms with Crippen LogP contribution in [0.4, 0.5) is 11.5 Å². The van der Waals surface area contributed by atoms with Crippen molar-refractivity contribution in [3.8, 4) is 0 Å². The molecule has 0 bridgehead atoms. The minimum absolute atomic E-state index is 0.0843. The van der Waals surface area contributed by atoms with Crippen LogP contribution in [0.3, 0.4) is 0 Å². The van der Waals surface area contributed by atoms with Gasteiger partial charge in [-0.2, -0.15) is 0 Å². The van der Waals surface area contributed by atoms with Crippen molar-refractivity contribution in [2.45, 2.75) is 19.6 Å². The minimum Gasteiger partial charge on any atom is -0.372 e.